The molecule has 4 heteroatoms. The molecule has 0 radical (unpaired) electrons. The second-order valence-corrected chi connectivity index (χ2v) is 3.73. The van der Waals surface area contributed by atoms with Crippen LogP contribution in [0.2, 0.25) is 5.15 Å². The fraction of sp³-hybridized carbons (Fsp3) is 0. The first-order chi connectivity index (χ1) is 7.34. The summed E-state index contributed by atoms with van der Waals surface area (Å²) in [6, 6.07) is 11.8. The fourth-order valence-corrected chi connectivity index (χ4v) is 1.85. The number of aromatic nitrogens is 2. The third-order valence-corrected chi connectivity index (χ3v) is 2.61. The number of hydrogen-bond donors (Lipinski definition) is 0. The molecule has 0 saturated heterocycles. The van der Waals surface area contributed by atoms with Crippen LogP contribution in [0.4, 0.5) is 0 Å². The van der Waals surface area contributed by atoms with Gasteiger partial charge in [-0.1, -0.05) is 29.8 Å². The van der Waals surface area contributed by atoms with Gasteiger partial charge in [0.15, 0.2) is 0 Å². The van der Waals surface area contributed by atoms with Gasteiger partial charge in [0, 0.05) is 36.4 Å². The Morgan fingerprint density at radius 2 is 1.56 bits per heavy atom. The smallest absolute Gasteiger partial charge is 0.129 e. The molecule has 3 rings (SSSR count). The van der Waals surface area contributed by atoms with Gasteiger partial charge in [-0.15, -0.1) is 0 Å². The summed E-state index contributed by atoms with van der Waals surface area (Å²) in [4.78, 5) is 8.64. The van der Waals surface area contributed by atoms with Gasteiger partial charge in [-0.05, 0) is 18.2 Å². The number of halogens is 1. The van der Waals surface area contributed by atoms with Crippen LogP contribution < -0.4 is 0 Å². The van der Waals surface area contributed by atoms with Gasteiger partial charge < -0.3 is 0 Å². The summed E-state index contributed by atoms with van der Waals surface area (Å²) in [5, 5.41) is 2.64. The molecule has 0 saturated carbocycles. The van der Waals surface area contributed by atoms with E-state index in [0.29, 0.717) is 5.15 Å². The maximum absolute atomic E-state index is 5.88. The first-order valence-corrected chi connectivity index (χ1v) is 5.02. The van der Waals surface area contributed by atoms with Crippen molar-refractivity contribution in [2.75, 3.05) is 0 Å². The van der Waals surface area contributed by atoms with E-state index in [1.54, 1.807) is 12.3 Å². The predicted octanol–water partition coefficient (Wildman–Crippen LogP) is 3.43. The van der Waals surface area contributed by atoms with Crippen molar-refractivity contribution in [2.24, 2.45) is 0 Å². The average Bonchev–Trinajstić information content (AvgIpc) is 2.29. The molecule has 0 spiro atoms. The second-order valence-electron chi connectivity index (χ2n) is 3.35. The summed E-state index contributed by atoms with van der Waals surface area (Å²) in [6.45, 7) is 0. The van der Waals surface area contributed by atoms with Crippen LogP contribution in [0.1, 0.15) is 0 Å². The zero-order chi connectivity index (χ0) is 10.3. The van der Waals surface area contributed by atoms with Crippen LogP contribution >= 0.6 is 11.6 Å². The van der Waals surface area contributed by atoms with Crippen LogP contribution in [0.25, 0.3) is 21.8 Å². The van der Waals surface area contributed by atoms with Crippen LogP contribution in [-0.4, -0.2) is 9.97 Å². The maximum Gasteiger partial charge on any atom is 0.129 e. The van der Waals surface area contributed by atoms with E-state index in [1.165, 1.54) is 0 Å². The second kappa shape index (κ2) is 4.44. The summed E-state index contributed by atoms with van der Waals surface area (Å²) in [5.41, 5.74) is 1.76. The third kappa shape index (κ3) is 1.81. The first-order valence-electron chi connectivity index (χ1n) is 4.64. The van der Waals surface area contributed by atoms with Gasteiger partial charge in [-0.2, -0.15) is 0 Å². The molecule has 1 aromatic carbocycles. The Balaban J connectivity index is 0.000000963. The Morgan fingerprint density at radius 1 is 0.875 bits per heavy atom. The van der Waals surface area contributed by atoms with Crippen molar-refractivity contribution in [3.63, 3.8) is 0 Å². The molecule has 0 N–H and O–H groups in total. The SMILES string of the molecule is Clc1ccc2ccc3cccnc3c2n1.[Ru]. The number of fused-ring (bicyclic) bond motifs is 3. The fourth-order valence-electron chi connectivity index (χ4n) is 1.70. The number of pyridine rings is 2. The molecule has 3 aromatic rings. The van der Waals surface area contributed by atoms with Crippen LogP contribution in [0.3, 0.4) is 0 Å². The Morgan fingerprint density at radius 3 is 2.38 bits per heavy atom. The topological polar surface area (TPSA) is 25.8 Å². The van der Waals surface area contributed by atoms with Gasteiger partial charge in [0.25, 0.3) is 0 Å². The van der Waals surface area contributed by atoms with E-state index in [9.17, 15) is 0 Å². The standard InChI is InChI=1S/C12H7ClN2.Ru/c13-10-6-5-9-4-3-8-2-1-7-14-11(8)12(9)15-10;/h1-7H;. The molecule has 0 aliphatic rings. The minimum atomic E-state index is 0. The zero-order valence-electron chi connectivity index (χ0n) is 8.17. The van der Waals surface area contributed by atoms with Crippen molar-refractivity contribution in [3.8, 4) is 0 Å². The Kier molecular flexibility index (Phi) is 3.18. The normalized spacial score (nSPS) is 10.3. The van der Waals surface area contributed by atoms with E-state index in [4.69, 9.17) is 11.6 Å². The van der Waals surface area contributed by atoms with Gasteiger partial charge >= 0.3 is 0 Å². The minimum Gasteiger partial charge on any atom is -0.254 e. The summed E-state index contributed by atoms with van der Waals surface area (Å²) in [6.07, 6.45) is 1.77. The Hall–Kier alpha value is -1.05. The molecule has 0 fully saturated rings. The van der Waals surface area contributed by atoms with Crippen LogP contribution in [0, 0.1) is 0 Å². The third-order valence-electron chi connectivity index (χ3n) is 2.40. The van der Waals surface area contributed by atoms with E-state index in [0.717, 1.165) is 21.8 Å². The molecule has 0 bridgehead atoms. The molecule has 2 aromatic heterocycles. The van der Waals surface area contributed by atoms with Crippen molar-refractivity contribution in [3.05, 3.63) is 47.7 Å². The largest absolute Gasteiger partial charge is 0.254 e. The number of rotatable bonds is 0. The van der Waals surface area contributed by atoms with Gasteiger partial charge in [-0.3, -0.25) is 4.98 Å². The van der Waals surface area contributed by atoms with E-state index >= 15 is 0 Å². The van der Waals surface area contributed by atoms with Gasteiger partial charge in [0.1, 0.15) is 5.15 Å². The summed E-state index contributed by atoms with van der Waals surface area (Å²) >= 11 is 5.88. The van der Waals surface area contributed by atoms with Gasteiger partial charge in [-0.25, -0.2) is 4.98 Å². The summed E-state index contributed by atoms with van der Waals surface area (Å²) in [5.74, 6) is 0. The van der Waals surface area contributed by atoms with Crippen molar-refractivity contribution >= 4 is 33.4 Å². The number of nitrogens with zero attached hydrogens (tertiary/aromatic N) is 2. The Labute approximate surface area is 110 Å². The zero-order valence-corrected chi connectivity index (χ0v) is 10.7. The van der Waals surface area contributed by atoms with E-state index < -0.39 is 0 Å². The molecule has 2 heterocycles. The molecule has 16 heavy (non-hydrogen) atoms. The minimum absolute atomic E-state index is 0. The first kappa shape index (κ1) is 11.4. The molecule has 0 aliphatic carbocycles. The van der Waals surface area contributed by atoms with Crippen molar-refractivity contribution < 1.29 is 19.5 Å². The van der Waals surface area contributed by atoms with Gasteiger partial charge in [0.2, 0.25) is 0 Å². The van der Waals surface area contributed by atoms with Crippen LogP contribution in [-0.2, 0) is 19.5 Å². The number of hydrogen-bond acceptors (Lipinski definition) is 2. The molecule has 0 unspecified atom stereocenters. The maximum atomic E-state index is 5.88. The monoisotopic (exact) mass is 316 g/mol. The van der Waals surface area contributed by atoms with E-state index in [2.05, 4.69) is 9.97 Å². The molecule has 0 aliphatic heterocycles. The van der Waals surface area contributed by atoms with Gasteiger partial charge in [0.05, 0.1) is 11.0 Å². The molecular formula is C12H7ClN2Ru. The van der Waals surface area contributed by atoms with E-state index in [-0.39, 0.29) is 19.5 Å². The average molecular weight is 316 g/mol. The van der Waals surface area contributed by atoms with Crippen molar-refractivity contribution in [1.29, 1.82) is 0 Å². The summed E-state index contributed by atoms with van der Waals surface area (Å²) in [7, 11) is 0. The molecular weight excluding hydrogens is 309 g/mol. The van der Waals surface area contributed by atoms with Crippen LogP contribution in [0.5, 0.6) is 0 Å². The molecule has 0 atom stereocenters. The summed E-state index contributed by atoms with van der Waals surface area (Å²) < 4.78 is 0. The van der Waals surface area contributed by atoms with E-state index in [1.807, 2.05) is 30.3 Å². The Bertz CT molecular complexity index is 655. The molecule has 0 amide bonds. The predicted molar refractivity (Wildman–Crippen MR) is 62.1 cm³/mol. The molecule has 80 valence electrons. The van der Waals surface area contributed by atoms with Crippen molar-refractivity contribution in [1.82, 2.24) is 9.97 Å². The number of benzene rings is 1. The molecule has 2 nitrogen and oxygen atoms in total. The van der Waals surface area contributed by atoms with Crippen LogP contribution in [0.15, 0.2) is 42.6 Å². The quantitative estimate of drug-likeness (QED) is 0.361. The van der Waals surface area contributed by atoms with Crippen molar-refractivity contribution in [2.45, 2.75) is 0 Å².